The fourth-order valence-corrected chi connectivity index (χ4v) is 4.20. The topological polar surface area (TPSA) is 85.8 Å². The van der Waals surface area contributed by atoms with Gasteiger partial charge in [-0.05, 0) is 23.8 Å². The molecule has 8 nitrogen and oxygen atoms in total. The van der Waals surface area contributed by atoms with Crippen LogP contribution < -0.4 is 5.32 Å². The van der Waals surface area contributed by atoms with Gasteiger partial charge in [0.15, 0.2) is 0 Å². The van der Waals surface area contributed by atoms with Crippen molar-refractivity contribution in [2.75, 3.05) is 32.7 Å². The molecule has 4 amide bonds. The van der Waals surface area contributed by atoms with E-state index >= 15 is 0 Å². The zero-order chi connectivity index (χ0) is 22.5. The van der Waals surface area contributed by atoms with Crippen LogP contribution in [0.2, 0.25) is 5.02 Å². The Bertz CT molecular complexity index is 979. The Balaban J connectivity index is 1.25. The molecule has 0 saturated carbocycles. The number of hydrogen-bond donors (Lipinski definition) is 1. The largest absolute Gasteiger partial charge is 0.340 e. The SMILES string of the molecule is O=C(C[C@@H]1NC(=O)N(Cc2ccccc2Cl)C1=O)N1CCN(CCc2ccccn2)CC1. The van der Waals surface area contributed by atoms with Crippen molar-refractivity contribution in [2.24, 2.45) is 0 Å². The van der Waals surface area contributed by atoms with Crippen LogP contribution in [0.4, 0.5) is 4.79 Å². The van der Waals surface area contributed by atoms with E-state index in [-0.39, 0.29) is 18.9 Å². The molecule has 1 aromatic carbocycles. The molecule has 3 heterocycles. The zero-order valence-corrected chi connectivity index (χ0v) is 18.5. The predicted octanol–water partition coefficient (Wildman–Crippen LogP) is 1.93. The van der Waals surface area contributed by atoms with Crippen LogP contribution in [0.5, 0.6) is 0 Å². The maximum Gasteiger partial charge on any atom is 0.325 e. The molecular weight excluding hydrogens is 430 g/mol. The first-order valence-electron chi connectivity index (χ1n) is 10.8. The maximum atomic E-state index is 12.8. The molecule has 2 aliphatic rings. The van der Waals surface area contributed by atoms with Crippen LogP contribution in [0.1, 0.15) is 17.7 Å². The van der Waals surface area contributed by atoms with Gasteiger partial charge in [-0.3, -0.25) is 24.4 Å². The lowest BCUT2D eigenvalue weighted by molar-refractivity contribution is -0.137. The molecule has 2 fully saturated rings. The summed E-state index contributed by atoms with van der Waals surface area (Å²) in [4.78, 5) is 47.4. The Morgan fingerprint density at radius 3 is 2.53 bits per heavy atom. The molecule has 2 aromatic rings. The second-order valence-electron chi connectivity index (χ2n) is 8.02. The van der Waals surface area contributed by atoms with E-state index in [1.54, 1.807) is 35.4 Å². The molecule has 1 aromatic heterocycles. The van der Waals surface area contributed by atoms with Crippen molar-refractivity contribution < 1.29 is 14.4 Å². The number of carbonyl (C=O) groups excluding carboxylic acids is 3. The van der Waals surface area contributed by atoms with Gasteiger partial charge in [-0.1, -0.05) is 35.9 Å². The van der Waals surface area contributed by atoms with Crippen LogP contribution >= 0.6 is 11.6 Å². The fraction of sp³-hybridized carbons (Fsp3) is 0.391. The minimum atomic E-state index is -0.834. The highest BCUT2D eigenvalue weighted by molar-refractivity contribution is 6.31. The van der Waals surface area contributed by atoms with Crippen molar-refractivity contribution in [3.63, 3.8) is 0 Å². The summed E-state index contributed by atoms with van der Waals surface area (Å²) in [6.45, 7) is 3.76. The number of piperazine rings is 1. The average Bonchev–Trinajstić information content (AvgIpc) is 3.07. The van der Waals surface area contributed by atoms with Crippen molar-refractivity contribution >= 4 is 29.4 Å². The summed E-state index contributed by atoms with van der Waals surface area (Å²) in [5, 5.41) is 3.13. The third-order valence-electron chi connectivity index (χ3n) is 5.91. The van der Waals surface area contributed by atoms with Crippen LogP contribution in [-0.2, 0) is 22.6 Å². The highest BCUT2D eigenvalue weighted by Gasteiger charge is 2.40. The van der Waals surface area contributed by atoms with Crippen LogP contribution in [0, 0.1) is 0 Å². The second-order valence-corrected chi connectivity index (χ2v) is 8.42. The van der Waals surface area contributed by atoms with Gasteiger partial charge in [-0.2, -0.15) is 0 Å². The Labute approximate surface area is 192 Å². The number of imide groups is 1. The number of amides is 4. The van der Waals surface area contributed by atoms with Crippen molar-refractivity contribution in [1.29, 1.82) is 0 Å². The summed E-state index contributed by atoms with van der Waals surface area (Å²) in [5.41, 5.74) is 1.74. The number of urea groups is 1. The first kappa shape index (κ1) is 22.2. The summed E-state index contributed by atoms with van der Waals surface area (Å²) in [5.74, 6) is -0.509. The molecule has 2 saturated heterocycles. The molecule has 4 rings (SSSR count). The van der Waals surface area contributed by atoms with Gasteiger partial charge in [0.2, 0.25) is 5.91 Å². The number of hydrogen-bond acceptors (Lipinski definition) is 5. The van der Waals surface area contributed by atoms with Gasteiger partial charge in [0.25, 0.3) is 5.91 Å². The Kier molecular flexibility index (Phi) is 7.02. The van der Waals surface area contributed by atoms with Crippen LogP contribution in [-0.4, -0.2) is 76.3 Å². The highest BCUT2D eigenvalue weighted by Crippen LogP contribution is 2.20. The predicted molar refractivity (Wildman–Crippen MR) is 120 cm³/mol. The van der Waals surface area contributed by atoms with E-state index < -0.39 is 18.0 Å². The van der Waals surface area contributed by atoms with Gasteiger partial charge < -0.3 is 10.2 Å². The number of aromatic nitrogens is 1. The number of nitrogens with zero attached hydrogens (tertiary/aromatic N) is 4. The lowest BCUT2D eigenvalue weighted by Gasteiger charge is -2.35. The van der Waals surface area contributed by atoms with E-state index in [2.05, 4.69) is 15.2 Å². The molecule has 9 heteroatoms. The normalized spacial score (nSPS) is 19.3. The first-order valence-corrected chi connectivity index (χ1v) is 11.1. The maximum absolute atomic E-state index is 12.8. The molecule has 0 aliphatic carbocycles. The van der Waals surface area contributed by atoms with Gasteiger partial charge in [0, 0.05) is 56.1 Å². The van der Waals surface area contributed by atoms with E-state index in [0.717, 1.165) is 36.6 Å². The van der Waals surface area contributed by atoms with E-state index in [0.29, 0.717) is 23.7 Å². The van der Waals surface area contributed by atoms with Gasteiger partial charge in [-0.15, -0.1) is 0 Å². The Morgan fingerprint density at radius 1 is 1.06 bits per heavy atom. The zero-order valence-electron chi connectivity index (χ0n) is 17.7. The summed E-state index contributed by atoms with van der Waals surface area (Å²) in [6.07, 6.45) is 2.64. The lowest BCUT2D eigenvalue weighted by atomic mass is 10.1. The monoisotopic (exact) mass is 455 g/mol. The Morgan fingerprint density at radius 2 is 1.81 bits per heavy atom. The van der Waals surface area contributed by atoms with Crippen molar-refractivity contribution in [2.45, 2.75) is 25.4 Å². The Hall–Kier alpha value is -2.97. The molecule has 0 unspecified atom stereocenters. The van der Waals surface area contributed by atoms with E-state index in [1.807, 2.05) is 18.2 Å². The quantitative estimate of drug-likeness (QED) is 0.645. The average molecular weight is 456 g/mol. The first-order chi connectivity index (χ1) is 15.5. The number of carbonyl (C=O) groups is 3. The van der Waals surface area contributed by atoms with Crippen molar-refractivity contribution in [3.05, 3.63) is 64.9 Å². The fourth-order valence-electron chi connectivity index (χ4n) is 4.01. The standard InChI is InChI=1S/C23H26ClN5O3/c24-19-7-2-1-5-17(19)16-29-22(31)20(26-23(29)32)15-21(30)28-13-11-27(12-14-28)10-8-18-6-3-4-9-25-18/h1-7,9,20H,8,10-16H2,(H,26,32)/t20-/m0/s1. The molecular formula is C23H26ClN5O3. The molecule has 0 radical (unpaired) electrons. The van der Waals surface area contributed by atoms with Crippen LogP contribution in [0.3, 0.4) is 0 Å². The van der Waals surface area contributed by atoms with Gasteiger partial charge in [0.05, 0.1) is 13.0 Å². The second kappa shape index (κ2) is 10.1. The molecule has 2 aliphatic heterocycles. The van der Waals surface area contributed by atoms with Crippen molar-refractivity contribution in [1.82, 2.24) is 25.0 Å². The third-order valence-corrected chi connectivity index (χ3v) is 6.28. The minimum absolute atomic E-state index is 0.0302. The van der Waals surface area contributed by atoms with E-state index in [1.165, 1.54) is 0 Å². The number of rotatable bonds is 7. The summed E-state index contributed by atoms with van der Waals surface area (Å²) < 4.78 is 0. The minimum Gasteiger partial charge on any atom is -0.340 e. The molecule has 32 heavy (non-hydrogen) atoms. The molecule has 1 atom stereocenters. The number of pyridine rings is 1. The third kappa shape index (κ3) is 5.26. The van der Waals surface area contributed by atoms with Crippen LogP contribution in [0.15, 0.2) is 48.7 Å². The van der Waals surface area contributed by atoms with Crippen molar-refractivity contribution in [3.8, 4) is 0 Å². The molecule has 1 N–H and O–H groups in total. The molecule has 0 spiro atoms. The number of benzene rings is 1. The van der Waals surface area contributed by atoms with E-state index in [9.17, 15) is 14.4 Å². The summed E-state index contributed by atoms with van der Waals surface area (Å²) in [6, 6.07) is 11.7. The van der Waals surface area contributed by atoms with Gasteiger partial charge >= 0.3 is 6.03 Å². The molecule has 0 bridgehead atoms. The summed E-state index contributed by atoms with van der Waals surface area (Å²) >= 11 is 6.15. The molecule has 168 valence electrons. The lowest BCUT2D eigenvalue weighted by Crippen LogP contribution is -2.50. The highest BCUT2D eigenvalue weighted by atomic mass is 35.5. The smallest absolute Gasteiger partial charge is 0.325 e. The van der Waals surface area contributed by atoms with E-state index in [4.69, 9.17) is 11.6 Å². The van der Waals surface area contributed by atoms with Gasteiger partial charge in [-0.25, -0.2) is 4.79 Å². The van der Waals surface area contributed by atoms with Gasteiger partial charge in [0.1, 0.15) is 6.04 Å². The number of halogens is 1. The van der Waals surface area contributed by atoms with Crippen LogP contribution in [0.25, 0.3) is 0 Å². The number of nitrogens with one attached hydrogen (secondary N) is 1. The summed E-state index contributed by atoms with van der Waals surface area (Å²) in [7, 11) is 0.